The molecule has 0 aliphatic heterocycles. The minimum absolute atomic E-state index is 0.0881. The van der Waals surface area contributed by atoms with Gasteiger partial charge in [-0.3, -0.25) is 0 Å². The zero-order chi connectivity index (χ0) is 14.1. The Morgan fingerprint density at radius 3 is 3.00 bits per heavy atom. The Hall–Kier alpha value is -2.19. The Labute approximate surface area is 113 Å². The van der Waals surface area contributed by atoms with Crippen molar-refractivity contribution in [2.45, 2.75) is 19.4 Å². The first-order valence-electron chi connectivity index (χ1n) is 6.04. The van der Waals surface area contributed by atoms with Gasteiger partial charge in [0.2, 0.25) is 0 Å². The molecule has 0 saturated heterocycles. The second kappa shape index (κ2) is 8.01. The highest BCUT2D eigenvalue weighted by atomic mass is 16.5. The summed E-state index contributed by atoms with van der Waals surface area (Å²) in [7, 11) is 0. The first-order valence-corrected chi connectivity index (χ1v) is 6.04. The van der Waals surface area contributed by atoms with Crippen LogP contribution in [0.15, 0.2) is 24.3 Å². The number of carbonyl (C=O) groups excluding carboxylic acids is 1. The van der Waals surface area contributed by atoms with Gasteiger partial charge < -0.3 is 20.5 Å². The maximum absolute atomic E-state index is 11.7. The lowest BCUT2D eigenvalue weighted by atomic mass is 10.2. The van der Waals surface area contributed by atoms with Crippen LogP contribution >= 0.6 is 0 Å². The molecule has 0 saturated carbocycles. The number of nitrogens with one attached hydrogen (secondary N) is 2. The minimum Gasteiger partial charge on any atom is -0.481 e. The summed E-state index contributed by atoms with van der Waals surface area (Å²) in [4.78, 5) is 11.7. The molecule has 1 rings (SSSR count). The lowest BCUT2D eigenvalue weighted by Gasteiger charge is -2.15. The molecule has 0 radical (unpaired) electrons. The number of carbonyl (C=O) groups is 1. The summed E-state index contributed by atoms with van der Waals surface area (Å²) < 4.78 is 5.25. The van der Waals surface area contributed by atoms with Gasteiger partial charge in [-0.05, 0) is 18.6 Å². The Morgan fingerprint density at radius 1 is 1.58 bits per heavy atom. The lowest BCUT2D eigenvalue weighted by molar-refractivity contribution is 0.222. The van der Waals surface area contributed by atoms with Crippen LogP contribution in [0.25, 0.3) is 0 Å². The lowest BCUT2D eigenvalue weighted by Crippen LogP contribution is -2.39. The average Bonchev–Trinajstić information content (AvgIpc) is 2.43. The Kier molecular flexibility index (Phi) is 6.27. The average molecular weight is 262 g/mol. The fraction of sp³-hybridized carbons (Fsp3) is 0.357. The molecular formula is C14H18N2O3. The van der Waals surface area contributed by atoms with E-state index in [1.807, 2.05) is 6.92 Å². The molecule has 0 fully saturated rings. The molecule has 2 amide bonds. The molecular weight excluding hydrogens is 244 g/mol. The van der Waals surface area contributed by atoms with Gasteiger partial charge >= 0.3 is 6.03 Å². The van der Waals surface area contributed by atoms with Crippen molar-refractivity contribution in [1.29, 1.82) is 0 Å². The number of aliphatic hydroxyl groups excluding tert-OH is 1. The number of urea groups is 1. The predicted octanol–water partition coefficient (Wildman–Crippen LogP) is 1.59. The van der Waals surface area contributed by atoms with E-state index in [0.29, 0.717) is 17.9 Å². The summed E-state index contributed by atoms with van der Waals surface area (Å²) in [5.41, 5.74) is 0.597. The Bertz CT molecular complexity index is 450. The highest BCUT2D eigenvalue weighted by molar-refractivity contribution is 5.89. The number of rotatable bonds is 6. The summed E-state index contributed by atoms with van der Waals surface area (Å²) in [6, 6.07) is 6.31. The zero-order valence-corrected chi connectivity index (χ0v) is 10.8. The van der Waals surface area contributed by atoms with E-state index in [2.05, 4.69) is 16.6 Å². The highest BCUT2D eigenvalue weighted by Crippen LogP contribution is 2.17. The van der Waals surface area contributed by atoms with Gasteiger partial charge in [-0.15, -0.1) is 6.42 Å². The Morgan fingerprint density at radius 2 is 2.37 bits per heavy atom. The fourth-order valence-electron chi connectivity index (χ4n) is 1.42. The van der Waals surface area contributed by atoms with Crippen LogP contribution in [0, 0.1) is 12.3 Å². The van der Waals surface area contributed by atoms with Crippen molar-refractivity contribution in [2.24, 2.45) is 0 Å². The predicted molar refractivity (Wildman–Crippen MR) is 74.1 cm³/mol. The van der Waals surface area contributed by atoms with Gasteiger partial charge in [0.25, 0.3) is 0 Å². The summed E-state index contributed by atoms with van der Waals surface area (Å²) >= 11 is 0. The number of benzene rings is 1. The summed E-state index contributed by atoms with van der Waals surface area (Å²) in [5.74, 6) is 2.96. The van der Waals surface area contributed by atoms with Crippen LogP contribution in [0.4, 0.5) is 10.5 Å². The van der Waals surface area contributed by atoms with Crippen molar-refractivity contribution in [2.75, 3.05) is 18.5 Å². The van der Waals surface area contributed by atoms with Gasteiger partial charge in [0, 0.05) is 11.8 Å². The van der Waals surface area contributed by atoms with Gasteiger partial charge in [0.05, 0.1) is 12.6 Å². The van der Waals surface area contributed by atoms with Gasteiger partial charge in [-0.2, -0.15) is 0 Å². The SMILES string of the molecule is C#CCOc1cccc(NC(=O)NC(CC)CO)c1. The second-order valence-corrected chi connectivity index (χ2v) is 3.91. The number of terminal acetylenes is 1. The van der Waals surface area contributed by atoms with Gasteiger partial charge in [-0.25, -0.2) is 4.79 Å². The molecule has 0 aliphatic rings. The molecule has 0 aliphatic carbocycles. The zero-order valence-electron chi connectivity index (χ0n) is 10.8. The van der Waals surface area contributed by atoms with Gasteiger partial charge in [0.1, 0.15) is 12.4 Å². The number of amides is 2. The van der Waals surface area contributed by atoms with Crippen LogP contribution in [-0.4, -0.2) is 30.4 Å². The molecule has 0 aromatic heterocycles. The maximum atomic E-state index is 11.7. The number of hydrogen-bond acceptors (Lipinski definition) is 3. The van der Waals surface area contributed by atoms with E-state index in [-0.39, 0.29) is 25.3 Å². The normalized spacial score (nSPS) is 11.2. The van der Waals surface area contributed by atoms with E-state index in [9.17, 15) is 4.79 Å². The van der Waals surface area contributed by atoms with Crippen LogP contribution in [-0.2, 0) is 0 Å². The molecule has 1 aromatic carbocycles. The minimum atomic E-state index is -0.366. The van der Waals surface area contributed by atoms with Crippen molar-refractivity contribution < 1.29 is 14.6 Å². The van der Waals surface area contributed by atoms with Gasteiger partial charge in [0.15, 0.2) is 0 Å². The molecule has 3 N–H and O–H groups in total. The number of anilines is 1. The quantitative estimate of drug-likeness (QED) is 0.682. The first kappa shape index (κ1) is 14.9. The number of hydrogen-bond donors (Lipinski definition) is 3. The molecule has 0 heterocycles. The summed E-state index contributed by atoms with van der Waals surface area (Å²) in [6.07, 6.45) is 5.76. The first-order chi connectivity index (χ1) is 9.19. The van der Waals surface area contributed by atoms with Crippen LogP contribution in [0.2, 0.25) is 0 Å². The van der Waals surface area contributed by atoms with E-state index in [0.717, 1.165) is 0 Å². The number of ether oxygens (including phenoxy) is 1. The van der Waals surface area contributed by atoms with E-state index >= 15 is 0 Å². The second-order valence-electron chi connectivity index (χ2n) is 3.91. The van der Waals surface area contributed by atoms with Gasteiger partial charge in [-0.1, -0.05) is 18.9 Å². The van der Waals surface area contributed by atoms with E-state index in [4.69, 9.17) is 16.3 Å². The Balaban J connectivity index is 2.56. The molecule has 5 nitrogen and oxygen atoms in total. The third kappa shape index (κ3) is 5.32. The van der Waals surface area contributed by atoms with Crippen molar-refractivity contribution >= 4 is 11.7 Å². The van der Waals surface area contributed by atoms with Crippen LogP contribution in [0.1, 0.15) is 13.3 Å². The van der Waals surface area contributed by atoms with Crippen molar-refractivity contribution in [3.63, 3.8) is 0 Å². The smallest absolute Gasteiger partial charge is 0.319 e. The number of aliphatic hydroxyl groups is 1. The molecule has 102 valence electrons. The maximum Gasteiger partial charge on any atom is 0.319 e. The molecule has 5 heteroatoms. The van der Waals surface area contributed by atoms with Crippen LogP contribution in [0.5, 0.6) is 5.75 Å². The summed E-state index contributed by atoms with van der Waals surface area (Å²) in [6.45, 7) is 1.97. The van der Waals surface area contributed by atoms with E-state index < -0.39 is 0 Å². The third-order valence-corrected chi connectivity index (χ3v) is 2.46. The van der Waals surface area contributed by atoms with E-state index in [1.165, 1.54) is 0 Å². The van der Waals surface area contributed by atoms with Crippen molar-refractivity contribution in [1.82, 2.24) is 5.32 Å². The summed E-state index contributed by atoms with van der Waals surface area (Å²) in [5, 5.41) is 14.3. The molecule has 0 spiro atoms. The standard InChI is InChI=1S/C14H18N2O3/c1-3-8-19-13-7-5-6-12(9-13)16-14(18)15-11(4-2)10-17/h1,5-7,9,11,17H,4,8,10H2,2H3,(H2,15,16,18). The van der Waals surface area contributed by atoms with E-state index in [1.54, 1.807) is 24.3 Å². The third-order valence-electron chi connectivity index (χ3n) is 2.46. The molecule has 1 aromatic rings. The van der Waals surface area contributed by atoms with Crippen LogP contribution in [0.3, 0.4) is 0 Å². The molecule has 1 atom stereocenters. The highest BCUT2D eigenvalue weighted by Gasteiger charge is 2.09. The molecule has 1 unspecified atom stereocenters. The fourth-order valence-corrected chi connectivity index (χ4v) is 1.42. The molecule has 0 bridgehead atoms. The van der Waals surface area contributed by atoms with Crippen LogP contribution < -0.4 is 15.4 Å². The molecule has 19 heavy (non-hydrogen) atoms. The van der Waals surface area contributed by atoms with Crippen molar-refractivity contribution in [3.05, 3.63) is 24.3 Å². The topological polar surface area (TPSA) is 70.6 Å². The largest absolute Gasteiger partial charge is 0.481 e. The van der Waals surface area contributed by atoms with Crippen molar-refractivity contribution in [3.8, 4) is 18.1 Å². The monoisotopic (exact) mass is 262 g/mol.